The Hall–Kier alpha value is -3.34. The molecule has 0 saturated carbocycles. The Morgan fingerprint density at radius 1 is 1.00 bits per heavy atom. The van der Waals surface area contributed by atoms with E-state index in [0.29, 0.717) is 17.0 Å². The van der Waals surface area contributed by atoms with Crippen molar-refractivity contribution >= 4 is 17.3 Å². The number of aryl methyl sites for hydroxylation is 5. The van der Waals surface area contributed by atoms with Crippen molar-refractivity contribution < 1.29 is 5.11 Å². The van der Waals surface area contributed by atoms with E-state index in [1.54, 1.807) is 6.07 Å². The zero-order chi connectivity index (χ0) is 20.7. The van der Waals surface area contributed by atoms with Crippen molar-refractivity contribution in [2.75, 3.05) is 5.32 Å². The van der Waals surface area contributed by atoms with Crippen molar-refractivity contribution in [3.63, 3.8) is 0 Å². The van der Waals surface area contributed by atoms with E-state index < -0.39 is 0 Å². The fourth-order valence-electron chi connectivity index (χ4n) is 3.84. The quantitative estimate of drug-likeness (QED) is 0.476. The number of benzene rings is 2. The van der Waals surface area contributed by atoms with E-state index in [4.69, 9.17) is 4.98 Å². The molecule has 148 valence electrons. The molecule has 2 aromatic carbocycles. The molecule has 29 heavy (non-hydrogen) atoms. The minimum absolute atomic E-state index is 0.205. The Balaban J connectivity index is 2.03. The number of fused-ring (bicyclic) bond motifs is 1. The Bertz CT molecular complexity index is 1220. The maximum Gasteiger partial charge on any atom is 0.236 e. The van der Waals surface area contributed by atoms with Gasteiger partial charge in [-0.15, -0.1) is 0 Å². The second kappa shape index (κ2) is 7.24. The van der Waals surface area contributed by atoms with E-state index >= 15 is 0 Å². The van der Waals surface area contributed by atoms with E-state index in [9.17, 15) is 5.11 Å². The number of imidazole rings is 1. The highest BCUT2D eigenvalue weighted by Gasteiger charge is 2.21. The minimum Gasteiger partial charge on any atom is -0.507 e. The van der Waals surface area contributed by atoms with Crippen LogP contribution < -0.4 is 5.32 Å². The van der Waals surface area contributed by atoms with E-state index in [-0.39, 0.29) is 5.75 Å². The monoisotopic (exact) mass is 386 g/mol. The van der Waals surface area contributed by atoms with Crippen LogP contribution in [0.3, 0.4) is 0 Å². The van der Waals surface area contributed by atoms with Crippen LogP contribution in [0.2, 0.25) is 0 Å². The molecule has 0 bridgehead atoms. The third kappa shape index (κ3) is 3.33. The largest absolute Gasteiger partial charge is 0.507 e. The molecule has 5 heteroatoms. The highest BCUT2D eigenvalue weighted by atomic mass is 16.3. The van der Waals surface area contributed by atoms with Crippen LogP contribution in [0.4, 0.5) is 11.5 Å². The second-order valence-corrected chi connectivity index (χ2v) is 7.59. The predicted octanol–water partition coefficient (Wildman–Crippen LogP) is 5.64. The number of nitrogens with zero attached hydrogens (tertiary/aromatic N) is 3. The summed E-state index contributed by atoms with van der Waals surface area (Å²) in [6.07, 6.45) is 0.919. The number of rotatable bonds is 4. The number of anilines is 2. The van der Waals surface area contributed by atoms with Crippen LogP contribution in [-0.4, -0.2) is 19.5 Å². The Morgan fingerprint density at radius 2 is 1.79 bits per heavy atom. The molecule has 0 spiro atoms. The number of nitrogens with one attached hydrogen (secondary N) is 1. The first-order chi connectivity index (χ1) is 13.9. The molecule has 4 aromatic rings. The van der Waals surface area contributed by atoms with Gasteiger partial charge in [0.1, 0.15) is 17.3 Å². The summed E-state index contributed by atoms with van der Waals surface area (Å²) in [5, 5.41) is 14.2. The summed E-state index contributed by atoms with van der Waals surface area (Å²) in [5.41, 5.74) is 7.87. The minimum atomic E-state index is 0.205. The Kier molecular flexibility index (Phi) is 4.74. The first kappa shape index (κ1) is 19.0. The lowest BCUT2D eigenvalue weighted by atomic mass is 10.0. The topological polar surface area (TPSA) is 62.5 Å². The van der Waals surface area contributed by atoms with Crippen molar-refractivity contribution in [3.05, 3.63) is 70.5 Å². The molecule has 0 radical (unpaired) electrons. The molecule has 0 fully saturated rings. The van der Waals surface area contributed by atoms with Crippen molar-refractivity contribution in [1.82, 2.24) is 14.4 Å². The van der Waals surface area contributed by atoms with Gasteiger partial charge in [-0.2, -0.15) is 0 Å². The molecule has 2 N–H and O–H groups in total. The van der Waals surface area contributed by atoms with Crippen LogP contribution in [0, 0.1) is 27.7 Å². The molecule has 0 amide bonds. The van der Waals surface area contributed by atoms with Crippen LogP contribution in [0.1, 0.15) is 35.0 Å². The number of phenolic OH excluding ortho intramolecular Hbond substituents is 1. The molecular formula is C24H26N4O. The average Bonchev–Trinajstić information content (AvgIpc) is 3.03. The number of para-hydroxylation sites is 1. The Morgan fingerprint density at radius 3 is 2.55 bits per heavy atom. The normalized spacial score (nSPS) is 11.2. The van der Waals surface area contributed by atoms with E-state index in [1.165, 1.54) is 5.56 Å². The zero-order valence-electron chi connectivity index (χ0n) is 17.5. The number of phenols is 1. The van der Waals surface area contributed by atoms with Crippen LogP contribution in [0.15, 0.2) is 42.5 Å². The molecule has 0 aliphatic carbocycles. The molecule has 5 nitrogen and oxygen atoms in total. The molecule has 2 heterocycles. The van der Waals surface area contributed by atoms with Gasteiger partial charge in [-0.3, -0.25) is 4.40 Å². The standard InChI is InChI=1S/C24H26N4O/c1-6-18-9-7-8-15(3)21(18)26-23-22(19-12-14(2)10-11-20(19)29)27-24-25-16(4)13-17(5)28(23)24/h7-13,26,29H,6H2,1-5H3. The lowest BCUT2D eigenvalue weighted by Gasteiger charge is -2.16. The molecule has 2 aromatic heterocycles. The fraction of sp³-hybridized carbons (Fsp3) is 0.250. The Labute approximate surface area is 171 Å². The maximum atomic E-state index is 10.6. The second-order valence-electron chi connectivity index (χ2n) is 7.59. The zero-order valence-corrected chi connectivity index (χ0v) is 17.5. The van der Waals surface area contributed by atoms with Crippen molar-refractivity contribution in [1.29, 1.82) is 0 Å². The highest BCUT2D eigenvalue weighted by Crippen LogP contribution is 2.38. The molecule has 0 aliphatic rings. The lowest BCUT2D eigenvalue weighted by molar-refractivity contribution is 0.477. The fourth-order valence-corrected chi connectivity index (χ4v) is 3.84. The van der Waals surface area contributed by atoms with Gasteiger partial charge in [0.05, 0.1) is 0 Å². The van der Waals surface area contributed by atoms with Gasteiger partial charge in [-0.1, -0.05) is 36.8 Å². The number of hydrogen-bond acceptors (Lipinski definition) is 4. The summed E-state index contributed by atoms with van der Waals surface area (Å²) in [4.78, 5) is 9.45. The van der Waals surface area contributed by atoms with Crippen LogP contribution in [0.25, 0.3) is 17.0 Å². The number of aromatic hydroxyl groups is 1. The van der Waals surface area contributed by atoms with Crippen molar-refractivity contribution in [2.45, 2.75) is 41.0 Å². The molecule has 0 atom stereocenters. The lowest BCUT2D eigenvalue weighted by Crippen LogP contribution is -2.04. The first-order valence-corrected chi connectivity index (χ1v) is 9.91. The summed E-state index contributed by atoms with van der Waals surface area (Å²) in [5.74, 6) is 1.64. The van der Waals surface area contributed by atoms with Crippen molar-refractivity contribution in [3.8, 4) is 17.0 Å². The maximum absolute atomic E-state index is 10.6. The average molecular weight is 386 g/mol. The number of hydrogen-bond donors (Lipinski definition) is 2. The van der Waals surface area contributed by atoms with Gasteiger partial charge in [0, 0.05) is 22.6 Å². The van der Waals surface area contributed by atoms with Crippen molar-refractivity contribution in [2.24, 2.45) is 0 Å². The molecule has 0 unspecified atom stereocenters. The molecule has 0 saturated heterocycles. The summed E-state index contributed by atoms with van der Waals surface area (Å²) >= 11 is 0. The summed E-state index contributed by atoms with van der Waals surface area (Å²) < 4.78 is 2.02. The van der Waals surface area contributed by atoms with Gasteiger partial charge >= 0.3 is 0 Å². The van der Waals surface area contributed by atoms with Crippen LogP contribution in [0.5, 0.6) is 5.75 Å². The highest BCUT2D eigenvalue weighted by molar-refractivity contribution is 5.83. The van der Waals surface area contributed by atoms with Gasteiger partial charge in [0.2, 0.25) is 5.78 Å². The summed E-state index contributed by atoms with van der Waals surface area (Å²) in [7, 11) is 0. The third-order valence-corrected chi connectivity index (χ3v) is 5.30. The summed E-state index contributed by atoms with van der Waals surface area (Å²) in [6, 6.07) is 13.9. The van der Waals surface area contributed by atoms with Gasteiger partial charge in [0.15, 0.2) is 0 Å². The van der Waals surface area contributed by atoms with Gasteiger partial charge in [-0.05, 0) is 63.4 Å². The van der Waals surface area contributed by atoms with Crippen LogP contribution in [-0.2, 0) is 6.42 Å². The third-order valence-electron chi connectivity index (χ3n) is 5.30. The molecule has 4 rings (SSSR count). The predicted molar refractivity (Wildman–Crippen MR) is 118 cm³/mol. The number of aromatic nitrogens is 3. The van der Waals surface area contributed by atoms with Gasteiger partial charge in [0.25, 0.3) is 0 Å². The molecule has 0 aliphatic heterocycles. The SMILES string of the molecule is CCc1cccc(C)c1Nc1c(-c2cc(C)ccc2O)nc2nc(C)cc(C)n12. The van der Waals surface area contributed by atoms with Crippen LogP contribution >= 0.6 is 0 Å². The van der Waals surface area contributed by atoms with Gasteiger partial charge < -0.3 is 10.4 Å². The molecular weight excluding hydrogens is 360 g/mol. The van der Waals surface area contributed by atoms with E-state index in [0.717, 1.165) is 40.4 Å². The summed E-state index contributed by atoms with van der Waals surface area (Å²) in [6.45, 7) is 10.3. The van der Waals surface area contributed by atoms with E-state index in [2.05, 4.69) is 42.3 Å². The van der Waals surface area contributed by atoms with Gasteiger partial charge in [-0.25, -0.2) is 9.97 Å². The van der Waals surface area contributed by atoms with E-state index in [1.807, 2.05) is 43.4 Å². The first-order valence-electron chi connectivity index (χ1n) is 9.91. The smallest absolute Gasteiger partial charge is 0.236 e.